The number of hydrogen-bond acceptors (Lipinski definition) is 7. The van der Waals surface area contributed by atoms with Crippen LogP contribution in [0, 0.1) is 17.0 Å². The standard InChI is InChI=1S/C33H35F5N8O2/c1-23(32(2,19-45-22-40-21-42-45)29-12-5-25(34)17-30(29)35)43-13-15-44(16-14-43)26-6-8-27(9-7-26)46(20-39)31(47)41-18-24-3-10-28(11-4-24)48-33(36,37)38/h3-12,17,20-23,39H,13-16,18-19H2,1-2H3,(H,41,47). The number of carbonyl (C=O) groups excluding carboxylic acids is 1. The van der Waals surface area contributed by atoms with Gasteiger partial charge in [0, 0.05) is 55.9 Å². The number of amides is 2. The summed E-state index contributed by atoms with van der Waals surface area (Å²) in [6.07, 6.45) is -0.910. The molecule has 2 atom stereocenters. The molecule has 254 valence electrons. The summed E-state index contributed by atoms with van der Waals surface area (Å²) in [6, 6.07) is 15.3. The van der Waals surface area contributed by atoms with Gasteiger partial charge in [-0.25, -0.2) is 18.6 Å². The lowest BCUT2D eigenvalue weighted by Gasteiger charge is -2.46. The van der Waals surface area contributed by atoms with Gasteiger partial charge < -0.3 is 15.0 Å². The topological polar surface area (TPSA) is 103 Å². The molecule has 5 rings (SSSR count). The molecule has 4 aromatic rings. The number of urea groups is 1. The highest BCUT2D eigenvalue weighted by molar-refractivity contribution is 6.06. The monoisotopic (exact) mass is 670 g/mol. The van der Waals surface area contributed by atoms with Gasteiger partial charge in [-0.2, -0.15) is 5.10 Å². The Hall–Kier alpha value is -5.05. The minimum atomic E-state index is -4.79. The number of rotatable bonds is 11. The molecular formula is C33H35F5N8O2. The number of ether oxygens (including phenoxy) is 1. The smallest absolute Gasteiger partial charge is 0.406 e. The zero-order chi connectivity index (χ0) is 34.5. The van der Waals surface area contributed by atoms with Crippen molar-refractivity contribution in [2.45, 2.75) is 44.8 Å². The van der Waals surface area contributed by atoms with E-state index in [4.69, 9.17) is 5.41 Å². The second kappa shape index (κ2) is 14.4. The molecule has 10 nitrogen and oxygen atoms in total. The molecule has 0 saturated carbocycles. The molecule has 1 saturated heterocycles. The van der Waals surface area contributed by atoms with Crippen molar-refractivity contribution in [2.24, 2.45) is 0 Å². The first-order valence-corrected chi connectivity index (χ1v) is 15.2. The maximum absolute atomic E-state index is 15.1. The summed E-state index contributed by atoms with van der Waals surface area (Å²) in [7, 11) is 0. The van der Waals surface area contributed by atoms with Crippen LogP contribution in [0.5, 0.6) is 5.75 Å². The highest BCUT2D eigenvalue weighted by Crippen LogP contribution is 2.35. The zero-order valence-corrected chi connectivity index (χ0v) is 26.3. The van der Waals surface area contributed by atoms with Crippen molar-refractivity contribution in [1.82, 2.24) is 25.0 Å². The number of piperazine rings is 1. The number of hydrogen-bond donors (Lipinski definition) is 2. The van der Waals surface area contributed by atoms with Crippen molar-refractivity contribution < 1.29 is 31.5 Å². The average Bonchev–Trinajstić information content (AvgIpc) is 3.57. The van der Waals surface area contributed by atoms with Gasteiger partial charge in [0.25, 0.3) is 0 Å². The summed E-state index contributed by atoms with van der Waals surface area (Å²) in [6.45, 7) is 7.08. The Labute approximate surface area is 274 Å². The third-order valence-corrected chi connectivity index (χ3v) is 8.73. The molecule has 0 radical (unpaired) electrons. The molecule has 1 aliphatic rings. The van der Waals surface area contributed by atoms with Crippen LogP contribution in [0.3, 0.4) is 0 Å². The largest absolute Gasteiger partial charge is 0.573 e. The first kappa shape index (κ1) is 34.3. The van der Waals surface area contributed by atoms with E-state index in [2.05, 4.69) is 29.9 Å². The lowest BCUT2D eigenvalue weighted by Crippen LogP contribution is -2.56. The first-order valence-electron chi connectivity index (χ1n) is 15.2. The SMILES string of the molecule is CC(N1CCN(c2ccc(N(C=N)C(=O)NCc3ccc(OC(F)(F)F)cc3)cc2)CC1)C(C)(Cn1cncn1)c1ccc(F)cc1F. The van der Waals surface area contributed by atoms with Gasteiger partial charge in [0.15, 0.2) is 0 Å². The quantitative estimate of drug-likeness (QED) is 0.116. The molecule has 0 aliphatic carbocycles. The minimum Gasteiger partial charge on any atom is -0.406 e. The van der Waals surface area contributed by atoms with Crippen molar-refractivity contribution >= 4 is 23.7 Å². The molecule has 1 fully saturated rings. The minimum absolute atomic E-state index is 0.0297. The molecule has 15 heteroatoms. The van der Waals surface area contributed by atoms with Crippen LogP contribution in [-0.4, -0.2) is 70.6 Å². The van der Waals surface area contributed by atoms with E-state index in [-0.39, 0.29) is 18.3 Å². The average molecular weight is 671 g/mol. The van der Waals surface area contributed by atoms with E-state index in [0.717, 1.165) is 35.1 Å². The molecule has 2 N–H and O–H groups in total. The number of halogens is 5. The lowest BCUT2D eigenvalue weighted by molar-refractivity contribution is -0.274. The highest BCUT2D eigenvalue weighted by Gasteiger charge is 2.40. The van der Waals surface area contributed by atoms with E-state index < -0.39 is 29.4 Å². The predicted molar refractivity (Wildman–Crippen MR) is 170 cm³/mol. The van der Waals surface area contributed by atoms with Gasteiger partial charge in [-0.05, 0) is 60.5 Å². The van der Waals surface area contributed by atoms with Crippen LogP contribution >= 0.6 is 0 Å². The van der Waals surface area contributed by atoms with Gasteiger partial charge in [-0.3, -0.25) is 19.9 Å². The van der Waals surface area contributed by atoms with Crippen LogP contribution in [-0.2, 0) is 18.5 Å². The number of nitrogens with zero attached hydrogens (tertiary/aromatic N) is 6. The Kier molecular flexibility index (Phi) is 10.3. The van der Waals surface area contributed by atoms with E-state index in [1.54, 1.807) is 23.1 Å². The number of alkyl halides is 3. The molecule has 2 amide bonds. The fourth-order valence-electron chi connectivity index (χ4n) is 5.96. The number of anilines is 2. The maximum atomic E-state index is 15.1. The molecule has 3 aromatic carbocycles. The molecule has 0 spiro atoms. The fraction of sp³-hybridized carbons (Fsp3) is 0.333. The molecule has 48 heavy (non-hydrogen) atoms. The summed E-state index contributed by atoms with van der Waals surface area (Å²) < 4.78 is 71.6. The molecular weight excluding hydrogens is 635 g/mol. The van der Waals surface area contributed by atoms with Gasteiger partial charge >= 0.3 is 12.4 Å². The Bertz CT molecular complexity index is 1680. The molecule has 0 bridgehead atoms. The molecule has 1 aromatic heterocycles. The second-order valence-corrected chi connectivity index (χ2v) is 11.7. The zero-order valence-electron chi connectivity index (χ0n) is 26.3. The fourth-order valence-corrected chi connectivity index (χ4v) is 5.96. The van der Waals surface area contributed by atoms with Gasteiger partial charge in [0.2, 0.25) is 0 Å². The van der Waals surface area contributed by atoms with Gasteiger partial charge in [-0.1, -0.05) is 25.1 Å². The predicted octanol–water partition coefficient (Wildman–Crippen LogP) is 5.95. The summed E-state index contributed by atoms with van der Waals surface area (Å²) in [5, 5.41) is 14.7. The summed E-state index contributed by atoms with van der Waals surface area (Å²) in [5.74, 6) is -1.61. The van der Waals surface area contributed by atoms with E-state index in [9.17, 15) is 22.4 Å². The second-order valence-electron chi connectivity index (χ2n) is 11.7. The summed E-state index contributed by atoms with van der Waals surface area (Å²) >= 11 is 0. The first-order chi connectivity index (χ1) is 22.9. The van der Waals surface area contributed by atoms with E-state index in [1.807, 2.05) is 26.0 Å². The van der Waals surface area contributed by atoms with Crippen molar-refractivity contribution in [3.63, 3.8) is 0 Å². The van der Waals surface area contributed by atoms with Gasteiger partial charge in [0.1, 0.15) is 30.0 Å². The maximum Gasteiger partial charge on any atom is 0.573 e. The van der Waals surface area contributed by atoms with Crippen LogP contribution in [0.15, 0.2) is 79.4 Å². The van der Waals surface area contributed by atoms with Crippen molar-refractivity contribution in [2.75, 3.05) is 36.0 Å². The highest BCUT2D eigenvalue weighted by atomic mass is 19.4. The summed E-state index contributed by atoms with van der Waals surface area (Å²) in [4.78, 5) is 22.5. The van der Waals surface area contributed by atoms with Crippen LogP contribution in [0.1, 0.15) is 25.0 Å². The van der Waals surface area contributed by atoms with Gasteiger partial charge in [0.05, 0.1) is 18.6 Å². The lowest BCUT2D eigenvalue weighted by atomic mass is 9.75. The normalized spacial score (nSPS) is 15.8. The van der Waals surface area contributed by atoms with Crippen LogP contribution in [0.25, 0.3) is 0 Å². The number of aromatic nitrogens is 3. The van der Waals surface area contributed by atoms with E-state index >= 15 is 4.39 Å². The number of benzene rings is 3. The van der Waals surface area contributed by atoms with Crippen LogP contribution < -0.4 is 19.9 Å². The summed E-state index contributed by atoms with van der Waals surface area (Å²) in [5.41, 5.74) is 1.58. The van der Waals surface area contributed by atoms with Crippen molar-refractivity contribution in [3.05, 3.63) is 102 Å². The Morgan fingerprint density at radius 2 is 1.73 bits per heavy atom. The Balaban J connectivity index is 1.19. The van der Waals surface area contributed by atoms with Crippen molar-refractivity contribution in [3.8, 4) is 5.75 Å². The molecule has 2 heterocycles. The van der Waals surface area contributed by atoms with Crippen LogP contribution in [0.2, 0.25) is 0 Å². The van der Waals surface area contributed by atoms with Crippen molar-refractivity contribution in [1.29, 1.82) is 5.41 Å². The third kappa shape index (κ3) is 8.08. The number of carbonyl (C=O) groups is 1. The van der Waals surface area contributed by atoms with Gasteiger partial charge in [-0.15, -0.1) is 13.2 Å². The Morgan fingerprint density at radius 3 is 2.31 bits per heavy atom. The van der Waals surface area contributed by atoms with Crippen LogP contribution in [0.4, 0.5) is 38.1 Å². The number of nitrogens with one attached hydrogen (secondary N) is 2. The van der Waals surface area contributed by atoms with E-state index in [0.29, 0.717) is 49.5 Å². The molecule has 2 unspecified atom stereocenters. The molecule has 1 aliphatic heterocycles. The Morgan fingerprint density at radius 1 is 1.04 bits per heavy atom. The van der Waals surface area contributed by atoms with E-state index in [1.165, 1.54) is 30.6 Å². The third-order valence-electron chi connectivity index (χ3n) is 8.73.